The number of amides is 1. The fourth-order valence-corrected chi connectivity index (χ4v) is 3.43. The van der Waals surface area contributed by atoms with Crippen LogP contribution >= 0.6 is 0 Å². The molecular weight excluding hydrogens is 418 g/mol. The van der Waals surface area contributed by atoms with Crippen LogP contribution in [0.4, 0.5) is 0 Å². The van der Waals surface area contributed by atoms with Gasteiger partial charge in [-0.1, -0.05) is 41.6 Å². The smallest absolute Gasteiger partial charge is 0.260 e. The summed E-state index contributed by atoms with van der Waals surface area (Å²) < 4.78 is 11.0. The Hall–Kier alpha value is -3.71. The van der Waals surface area contributed by atoms with Crippen LogP contribution in [0.1, 0.15) is 16.8 Å². The van der Waals surface area contributed by atoms with Gasteiger partial charge in [0.1, 0.15) is 5.75 Å². The number of pyridine rings is 1. The van der Waals surface area contributed by atoms with Crippen LogP contribution in [0.3, 0.4) is 0 Å². The van der Waals surface area contributed by atoms with Crippen LogP contribution in [0.5, 0.6) is 5.75 Å². The van der Waals surface area contributed by atoms with Crippen LogP contribution in [0, 0.1) is 0 Å². The number of morpholine rings is 1. The van der Waals surface area contributed by atoms with E-state index >= 15 is 0 Å². The summed E-state index contributed by atoms with van der Waals surface area (Å²) in [5.41, 5.74) is 3.67. The van der Waals surface area contributed by atoms with Gasteiger partial charge in [-0.3, -0.25) is 9.78 Å². The van der Waals surface area contributed by atoms with Gasteiger partial charge in [-0.15, -0.1) is 0 Å². The molecule has 0 radical (unpaired) electrons. The van der Waals surface area contributed by atoms with Crippen molar-refractivity contribution in [3.63, 3.8) is 0 Å². The average Bonchev–Trinajstić information content (AvgIpc) is 2.89. The summed E-state index contributed by atoms with van der Waals surface area (Å²) in [6.45, 7) is 2.68. The third kappa shape index (κ3) is 6.89. The Morgan fingerprint density at radius 1 is 0.970 bits per heavy atom. The normalized spacial score (nSPS) is 14.1. The van der Waals surface area contributed by atoms with Crippen molar-refractivity contribution in [2.24, 2.45) is 5.16 Å². The van der Waals surface area contributed by atoms with E-state index in [4.69, 9.17) is 14.3 Å². The lowest BCUT2D eigenvalue weighted by Crippen LogP contribution is -2.42. The summed E-state index contributed by atoms with van der Waals surface area (Å²) in [6, 6.07) is 23.4. The molecule has 0 saturated carbocycles. The Morgan fingerprint density at radius 2 is 1.73 bits per heavy atom. The lowest BCUT2D eigenvalue weighted by Gasteiger charge is -2.26. The lowest BCUT2D eigenvalue weighted by atomic mass is 10.0. The van der Waals surface area contributed by atoms with Crippen molar-refractivity contribution in [3.8, 4) is 5.75 Å². The zero-order valence-corrected chi connectivity index (χ0v) is 18.4. The highest BCUT2D eigenvalue weighted by Gasteiger charge is 2.17. The third-order valence-electron chi connectivity index (χ3n) is 5.24. The molecule has 0 bridgehead atoms. The Labute approximate surface area is 193 Å². The van der Waals surface area contributed by atoms with Gasteiger partial charge in [-0.05, 0) is 47.5 Å². The summed E-state index contributed by atoms with van der Waals surface area (Å²) in [4.78, 5) is 23.9. The van der Waals surface area contributed by atoms with Crippen LogP contribution < -0.4 is 4.74 Å². The predicted molar refractivity (Wildman–Crippen MR) is 125 cm³/mol. The molecule has 170 valence electrons. The number of nitrogens with zero attached hydrogens (tertiary/aromatic N) is 3. The second kappa shape index (κ2) is 11.8. The summed E-state index contributed by atoms with van der Waals surface area (Å²) >= 11 is 0. The third-order valence-corrected chi connectivity index (χ3v) is 5.24. The summed E-state index contributed by atoms with van der Waals surface area (Å²) in [7, 11) is 0. The largest absolute Gasteiger partial charge is 0.484 e. The van der Waals surface area contributed by atoms with Gasteiger partial charge in [0, 0.05) is 25.7 Å². The van der Waals surface area contributed by atoms with Crippen molar-refractivity contribution >= 4 is 11.6 Å². The first-order valence-corrected chi connectivity index (χ1v) is 11.0. The van der Waals surface area contributed by atoms with E-state index in [1.54, 1.807) is 11.1 Å². The van der Waals surface area contributed by atoms with E-state index in [2.05, 4.69) is 22.3 Å². The first kappa shape index (κ1) is 22.5. The van der Waals surface area contributed by atoms with E-state index in [-0.39, 0.29) is 12.5 Å². The van der Waals surface area contributed by atoms with Gasteiger partial charge in [0.2, 0.25) is 0 Å². The Bertz CT molecular complexity index is 1030. The molecule has 2 aromatic carbocycles. The number of hydrogen-bond donors (Lipinski definition) is 0. The van der Waals surface area contributed by atoms with E-state index < -0.39 is 0 Å². The topological polar surface area (TPSA) is 73.2 Å². The lowest BCUT2D eigenvalue weighted by molar-refractivity contribution is -0.137. The fourth-order valence-electron chi connectivity index (χ4n) is 3.43. The first-order chi connectivity index (χ1) is 16.3. The van der Waals surface area contributed by atoms with Crippen molar-refractivity contribution in [1.82, 2.24) is 9.88 Å². The number of aromatic nitrogens is 1. The molecule has 1 aliphatic rings. The molecule has 1 amide bonds. The van der Waals surface area contributed by atoms with Gasteiger partial charge < -0.3 is 19.2 Å². The number of rotatable bonds is 9. The molecule has 33 heavy (non-hydrogen) atoms. The molecule has 7 nitrogen and oxygen atoms in total. The first-order valence-electron chi connectivity index (χ1n) is 11.0. The van der Waals surface area contributed by atoms with E-state index in [1.165, 1.54) is 0 Å². The predicted octanol–water partition coefficient (Wildman–Crippen LogP) is 3.48. The number of hydrogen-bond acceptors (Lipinski definition) is 6. The number of carbonyl (C=O) groups is 1. The van der Waals surface area contributed by atoms with E-state index in [0.29, 0.717) is 45.1 Å². The van der Waals surface area contributed by atoms with Gasteiger partial charge in [0.05, 0.1) is 24.6 Å². The van der Waals surface area contributed by atoms with Crippen LogP contribution in [0.15, 0.2) is 84.1 Å². The van der Waals surface area contributed by atoms with Crippen LogP contribution in [0.2, 0.25) is 0 Å². The van der Waals surface area contributed by atoms with Crippen molar-refractivity contribution in [1.29, 1.82) is 0 Å². The SMILES string of the molecule is O=C(COc1ccc(/C(Cc2ccccc2)=N\OCc2ccccn2)cc1)N1CCOCC1. The number of ether oxygens (including phenoxy) is 2. The summed E-state index contributed by atoms with van der Waals surface area (Å²) in [5, 5.41) is 4.41. The van der Waals surface area contributed by atoms with Gasteiger partial charge in [-0.2, -0.15) is 0 Å². The van der Waals surface area contributed by atoms with Crippen molar-refractivity contribution in [3.05, 3.63) is 95.8 Å². The molecule has 1 aromatic heterocycles. The average molecular weight is 446 g/mol. The molecule has 1 aliphatic heterocycles. The molecule has 0 spiro atoms. The molecule has 2 heterocycles. The quantitative estimate of drug-likeness (QED) is 0.372. The molecule has 0 aliphatic carbocycles. The number of benzene rings is 2. The van der Waals surface area contributed by atoms with E-state index in [9.17, 15) is 4.79 Å². The Kier molecular flexibility index (Phi) is 8.03. The zero-order chi connectivity index (χ0) is 22.7. The Morgan fingerprint density at radius 3 is 2.45 bits per heavy atom. The van der Waals surface area contributed by atoms with Crippen LogP contribution in [-0.2, 0) is 27.4 Å². The molecule has 1 fully saturated rings. The highest BCUT2D eigenvalue weighted by Crippen LogP contribution is 2.16. The number of carbonyl (C=O) groups excluding carboxylic acids is 1. The van der Waals surface area contributed by atoms with Gasteiger partial charge in [0.25, 0.3) is 5.91 Å². The maximum absolute atomic E-state index is 12.3. The zero-order valence-electron chi connectivity index (χ0n) is 18.4. The summed E-state index contributed by atoms with van der Waals surface area (Å²) in [6.07, 6.45) is 2.36. The molecule has 0 atom stereocenters. The minimum atomic E-state index is -0.0309. The maximum Gasteiger partial charge on any atom is 0.260 e. The highest BCUT2D eigenvalue weighted by atomic mass is 16.6. The van der Waals surface area contributed by atoms with Crippen molar-refractivity contribution < 1.29 is 19.1 Å². The van der Waals surface area contributed by atoms with Gasteiger partial charge in [-0.25, -0.2) is 0 Å². The monoisotopic (exact) mass is 445 g/mol. The highest BCUT2D eigenvalue weighted by molar-refractivity contribution is 6.01. The Balaban J connectivity index is 1.40. The van der Waals surface area contributed by atoms with Gasteiger partial charge >= 0.3 is 0 Å². The second-order valence-corrected chi connectivity index (χ2v) is 7.60. The van der Waals surface area contributed by atoms with Crippen molar-refractivity contribution in [2.45, 2.75) is 13.0 Å². The fraction of sp³-hybridized carbons (Fsp3) is 0.269. The number of oxime groups is 1. The minimum absolute atomic E-state index is 0.0114. The summed E-state index contributed by atoms with van der Waals surface area (Å²) in [5.74, 6) is 0.602. The molecule has 0 N–H and O–H groups in total. The minimum Gasteiger partial charge on any atom is -0.484 e. The van der Waals surface area contributed by atoms with E-state index in [1.807, 2.05) is 60.7 Å². The second-order valence-electron chi connectivity index (χ2n) is 7.60. The van der Waals surface area contributed by atoms with Crippen LogP contribution in [0.25, 0.3) is 0 Å². The molecule has 4 rings (SSSR count). The molecule has 3 aromatic rings. The van der Waals surface area contributed by atoms with Gasteiger partial charge in [0.15, 0.2) is 13.2 Å². The standard InChI is InChI=1S/C26H27N3O4/c30-26(29-14-16-31-17-15-29)20-32-24-11-9-22(10-12-24)25(18-21-6-2-1-3-7-21)28-33-19-23-8-4-5-13-27-23/h1-13H,14-20H2/b28-25-. The van der Waals surface area contributed by atoms with Crippen molar-refractivity contribution in [2.75, 3.05) is 32.9 Å². The molecule has 7 heteroatoms. The van der Waals surface area contributed by atoms with Crippen LogP contribution in [-0.4, -0.2) is 54.4 Å². The maximum atomic E-state index is 12.3. The molecule has 1 saturated heterocycles. The molecular formula is C26H27N3O4. The van der Waals surface area contributed by atoms with E-state index in [0.717, 1.165) is 22.5 Å². The molecule has 0 unspecified atom stereocenters.